The van der Waals surface area contributed by atoms with Gasteiger partial charge in [-0.05, 0) is 49.3 Å². The number of hydrogen-bond acceptors (Lipinski definition) is 2. The van der Waals surface area contributed by atoms with Crippen LogP contribution < -0.4 is 5.32 Å². The zero-order chi connectivity index (χ0) is 13.8. The van der Waals surface area contributed by atoms with E-state index in [9.17, 15) is 9.90 Å². The van der Waals surface area contributed by atoms with E-state index in [-0.39, 0.29) is 11.7 Å². The summed E-state index contributed by atoms with van der Waals surface area (Å²) in [6.45, 7) is 4.87. The molecule has 0 saturated heterocycles. The first-order chi connectivity index (χ1) is 9.06. The summed E-state index contributed by atoms with van der Waals surface area (Å²) in [5.41, 5.74) is 1.32. The Morgan fingerprint density at radius 1 is 1.32 bits per heavy atom. The fraction of sp³-hybridized carbons (Fsp3) is 0.562. The molecule has 1 fully saturated rings. The zero-order valence-electron chi connectivity index (χ0n) is 11.8. The highest BCUT2D eigenvalue weighted by molar-refractivity contribution is 5.94. The van der Waals surface area contributed by atoms with Gasteiger partial charge in [0.15, 0.2) is 0 Å². The Morgan fingerprint density at radius 2 is 2.00 bits per heavy atom. The van der Waals surface area contributed by atoms with Crippen molar-refractivity contribution in [3.05, 3.63) is 29.3 Å². The number of phenolic OH excluding ortho intramolecular Hbond substituents is 1. The maximum Gasteiger partial charge on any atom is 0.251 e. The molecule has 0 unspecified atom stereocenters. The lowest BCUT2D eigenvalue weighted by atomic mass is 9.83. The van der Waals surface area contributed by atoms with E-state index in [1.54, 1.807) is 12.1 Å². The predicted molar refractivity (Wildman–Crippen MR) is 76.3 cm³/mol. The van der Waals surface area contributed by atoms with E-state index < -0.39 is 0 Å². The summed E-state index contributed by atoms with van der Waals surface area (Å²) in [7, 11) is 0. The van der Waals surface area contributed by atoms with Crippen LogP contribution in [0.25, 0.3) is 0 Å². The lowest BCUT2D eigenvalue weighted by Crippen LogP contribution is -2.31. The lowest BCUT2D eigenvalue weighted by Gasteiger charge is -2.26. The van der Waals surface area contributed by atoms with Crippen LogP contribution in [0.15, 0.2) is 18.2 Å². The minimum Gasteiger partial charge on any atom is -0.508 e. The summed E-state index contributed by atoms with van der Waals surface area (Å²) in [5, 5.41) is 12.6. The average Bonchev–Trinajstić information content (AvgIpc) is 2.41. The second-order valence-corrected chi connectivity index (χ2v) is 5.84. The average molecular weight is 261 g/mol. The molecule has 3 heteroatoms. The van der Waals surface area contributed by atoms with E-state index >= 15 is 0 Å². The molecule has 1 aromatic rings. The highest BCUT2D eigenvalue weighted by atomic mass is 16.3. The molecule has 0 bridgehead atoms. The topological polar surface area (TPSA) is 49.3 Å². The molecular weight excluding hydrogens is 238 g/mol. The fourth-order valence-corrected chi connectivity index (χ4v) is 2.62. The number of aromatic hydroxyl groups is 1. The number of carbonyl (C=O) groups is 1. The number of carbonyl (C=O) groups excluding carboxylic acids is 1. The molecule has 0 aliphatic heterocycles. The van der Waals surface area contributed by atoms with E-state index in [1.165, 1.54) is 31.7 Å². The molecule has 2 rings (SSSR count). The smallest absolute Gasteiger partial charge is 0.251 e. The van der Waals surface area contributed by atoms with Gasteiger partial charge < -0.3 is 10.4 Å². The fourth-order valence-electron chi connectivity index (χ4n) is 2.62. The second kappa shape index (κ2) is 6.09. The third kappa shape index (κ3) is 3.72. The molecular formula is C16H23NO2. The highest BCUT2D eigenvalue weighted by Crippen LogP contribution is 2.27. The Kier molecular flexibility index (Phi) is 4.46. The third-order valence-electron chi connectivity index (χ3n) is 4.16. The van der Waals surface area contributed by atoms with Crippen molar-refractivity contribution in [1.82, 2.24) is 5.32 Å². The standard InChI is InChI=1S/C16H23NO2/c1-11-3-6-13(7-4-11)10-17-16(19)14-8-5-12(2)15(18)9-14/h5,8-9,11,13,18H,3-4,6-7,10H2,1-2H3,(H,17,19). The zero-order valence-corrected chi connectivity index (χ0v) is 11.8. The Labute approximate surface area is 115 Å². The number of nitrogens with one attached hydrogen (secondary N) is 1. The first-order valence-electron chi connectivity index (χ1n) is 7.14. The van der Waals surface area contributed by atoms with Crippen LogP contribution in [-0.4, -0.2) is 17.6 Å². The molecule has 19 heavy (non-hydrogen) atoms. The first-order valence-corrected chi connectivity index (χ1v) is 7.14. The largest absolute Gasteiger partial charge is 0.508 e. The maximum absolute atomic E-state index is 12.0. The van der Waals surface area contributed by atoms with Gasteiger partial charge in [-0.2, -0.15) is 0 Å². The minimum atomic E-state index is -0.0890. The molecule has 104 valence electrons. The summed E-state index contributed by atoms with van der Waals surface area (Å²) in [5.74, 6) is 1.54. The Morgan fingerprint density at radius 3 is 2.63 bits per heavy atom. The highest BCUT2D eigenvalue weighted by Gasteiger charge is 2.19. The predicted octanol–water partition coefficient (Wildman–Crippen LogP) is 3.26. The summed E-state index contributed by atoms with van der Waals surface area (Å²) in [6, 6.07) is 5.06. The first kappa shape index (κ1) is 13.9. The molecule has 1 aliphatic carbocycles. The van der Waals surface area contributed by atoms with Crippen molar-refractivity contribution in [2.24, 2.45) is 11.8 Å². The van der Waals surface area contributed by atoms with E-state index in [1.807, 2.05) is 6.92 Å². The molecule has 1 aromatic carbocycles. The van der Waals surface area contributed by atoms with Gasteiger partial charge in [0.25, 0.3) is 5.91 Å². The summed E-state index contributed by atoms with van der Waals surface area (Å²) < 4.78 is 0. The molecule has 2 N–H and O–H groups in total. The lowest BCUT2D eigenvalue weighted by molar-refractivity contribution is 0.0941. The van der Waals surface area contributed by atoms with Crippen molar-refractivity contribution in [1.29, 1.82) is 0 Å². The van der Waals surface area contributed by atoms with Gasteiger partial charge in [-0.1, -0.05) is 25.8 Å². The number of benzene rings is 1. The van der Waals surface area contributed by atoms with Gasteiger partial charge in [-0.25, -0.2) is 0 Å². The second-order valence-electron chi connectivity index (χ2n) is 5.84. The number of rotatable bonds is 3. The van der Waals surface area contributed by atoms with Crippen molar-refractivity contribution in [2.75, 3.05) is 6.54 Å². The Balaban J connectivity index is 1.85. The summed E-state index contributed by atoms with van der Waals surface area (Å²) in [6.07, 6.45) is 4.96. The van der Waals surface area contributed by atoms with E-state index in [0.29, 0.717) is 11.5 Å². The maximum atomic E-state index is 12.0. The quantitative estimate of drug-likeness (QED) is 0.877. The SMILES string of the molecule is Cc1ccc(C(=O)NCC2CCC(C)CC2)cc1O. The number of aryl methyl sites for hydroxylation is 1. The van der Waals surface area contributed by atoms with Gasteiger partial charge in [0, 0.05) is 12.1 Å². The molecule has 1 saturated carbocycles. The van der Waals surface area contributed by atoms with Gasteiger partial charge in [0.1, 0.15) is 5.75 Å². The van der Waals surface area contributed by atoms with Crippen LogP contribution in [0, 0.1) is 18.8 Å². The van der Waals surface area contributed by atoms with Crippen molar-refractivity contribution < 1.29 is 9.90 Å². The minimum absolute atomic E-state index is 0.0890. The molecule has 3 nitrogen and oxygen atoms in total. The van der Waals surface area contributed by atoms with Gasteiger partial charge in [-0.3, -0.25) is 4.79 Å². The number of hydrogen-bond donors (Lipinski definition) is 2. The van der Waals surface area contributed by atoms with Crippen LogP contribution in [0.3, 0.4) is 0 Å². The normalized spacial score (nSPS) is 23.1. The van der Waals surface area contributed by atoms with E-state index in [0.717, 1.165) is 18.0 Å². The van der Waals surface area contributed by atoms with Crippen LogP contribution >= 0.6 is 0 Å². The molecule has 0 aromatic heterocycles. The molecule has 0 spiro atoms. The van der Waals surface area contributed by atoms with Crippen molar-refractivity contribution in [3.63, 3.8) is 0 Å². The number of phenols is 1. The van der Waals surface area contributed by atoms with Gasteiger partial charge in [0.05, 0.1) is 0 Å². The van der Waals surface area contributed by atoms with Gasteiger partial charge in [0.2, 0.25) is 0 Å². The van der Waals surface area contributed by atoms with Crippen LogP contribution in [-0.2, 0) is 0 Å². The Hall–Kier alpha value is -1.51. The third-order valence-corrected chi connectivity index (χ3v) is 4.16. The Bertz CT molecular complexity index is 448. The summed E-state index contributed by atoms with van der Waals surface area (Å²) in [4.78, 5) is 12.0. The molecule has 1 amide bonds. The van der Waals surface area contributed by atoms with Crippen LogP contribution in [0.1, 0.15) is 48.5 Å². The van der Waals surface area contributed by atoms with Crippen LogP contribution in [0.2, 0.25) is 0 Å². The molecule has 0 atom stereocenters. The van der Waals surface area contributed by atoms with Gasteiger partial charge in [-0.15, -0.1) is 0 Å². The molecule has 0 radical (unpaired) electrons. The van der Waals surface area contributed by atoms with Crippen molar-refractivity contribution in [3.8, 4) is 5.75 Å². The van der Waals surface area contributed by atoms with E-state index in [2.05, 4.69) is 12.2 Å². The summed E-state index contributed by atoms with van der Waals surface area (Å²) >= 11 is 0. The number of amides is 1. The van der Waals surface area contributed by atoms with Gasteiger partial charge >= 0.3 is 0 Å². The monoisotopic (exact) mass is 261 g/mol. The van der Waals surface area contributed by atoms with Crippen molar-refractivity contribution in [2.45, 2.75) is 39.5 Å². The van der Waals surface area contributed by atoms with Crippen LogP contribution in [0.4, 0.5) is 0 Å². The van der Waals surface area contributed by atoms with Crippen molar-refractivity contribution >= 4 is 5.91 Å². The molecule has 1 aliphatic rings. The molecule has 0 heterocycles. The van der Waals surface area contributed by atoms with E-state index in [4.69, 9.17) is 0 Å². The van der Waals surface area contributed by atoms with Crippen LogP contribution in [0.5, 0.6) is 5.75 Å².